The van der Waals surface area contributed by atoms with Crippen LogP contribution in [-0.4, -0.2) is 5.16 Å². The number of hydrogen-bond acceptors (Lipinski definition) is 4. The summed E-state index contributed by atoms with van der Waals surface area (Å²) in [4.78, 5) is 0. The second kappa shape index (κ2) is 4.41. The van der Waals surface area contributed by atoms with E-state index in [4.69, 9.17) is 4.52 Å². The molecule has 0 aliphatic heterocycles. The molecule has 0 unspecified atom stereocenters. The average molecular weight is 237 g/mol. The summed E-state index contributed by atoms with van der Waals surface area (Å²) in [7, 11) is 0. The SMILES string of the molecule is Cc1ccc(N=Nc2onc3ccccc23)cc1. The second-order valence-corrected chi connectivity index (χ2v) is 4.04. The van der Waals surface area contributed by atoms with Gasteiger partial charge in [-0.25, -0.2) is 0 Å². The van der Waals surface area contributed by atoms with Crippen LogP contribution in [0, 0.1) is 6.92 Å². The minimum Gasteiger partial charge on any atom is -0.334 e. The average Bonchev–Trinajstić information content (AvgIpc) is 2.82. The van der Waals surface area contributed by atoms with Crippen LogP contribution >= 0.6 is 0 Å². The van der Waals surface area contributed by atoms with Gasteiger partial charge in [0.1, 0.15) is 5.52 Å². The van der Waals surface area contributed by atoms with Crippen molar-refractivity contribution in [2.45, 2.75) is 6.92 Å². The Labute approximate surface area is 104 Å². The molecular formula is C14H11N3O. The van der Waals surface area contributed by atoms with Crippen LogP contribution in [0.3, 0.4) is 0 Å². The number of aryl methyl sites for hydroxylation is 1. The van der Waals surface area contributed by atoms with Crippen molar-refractivity contribution in [3.05, 3.63) is 54.1 Å². The van der Waals surface area contributed by atoms with E-state index in [0.717, 1.165) is 16.6 Å². The van der Waals surface area contributed by atoms with Crippen molar-refractivity contribution in [1.29, 1.82) is 0 Å². The van der Waals surface area contributed by atoms with Gasteiger partial charge in [-0.3, -0.25) is 0 Å². The minimum atomic E-state index is 0.436. The van der Waals surface area contributed by atoms with Crippen LogP contribution in [-0.2, 0) is 0 Å². The Bertz CT molecular complexity index is 698. The second-order valence-electron chi connectivity index (χ2n) is 4.04. The Morgan fingerprint density at radius 3 is 2.56 bits per heavy atom. The van der Waals surface area contributed by atoms with Gasteiger partial charge in [0, 0.05) is 0 Å². The topological polar surface area (TPSA) is 50.8 Å². The molecule has 4 nitrogen and oxygen atoms in total. The zero-order valence-corrected chi connectivity index (χ0v) is 9.87. The summed E-state index contributed by atoms with van der Waals surface area (Å²) >= 11 is 0. The molecule has 88 valence electrons. The molecule has 0 atom stereocenters. The molecule has 3 aromatic rings. The maximum absolute atomic E-state index is 5.15. The molecule has 1 heterocycles. The number of nitrogens with zero attached hydrogens (tertiary/aromatic N) is 3. The molecule has 0 radical (unpaired) electrons. The van der Waals surface area contributed by atoms with Crippen molar-refractivity contribution >= 4 is 22.5 Å². The third-order valence-corrected chi connectivity index (χ3v) is 2.66. The molecule has 4 heteroatoms. The number of hydrogen-bond donors (Lipinski definition) is 0. The minimum absolute atomic E-state index is 0.436. The Morgan fingerprint density at radius 1 is 0.944 bits per heavy atom. The fourth-order valence-electron chi connectivity index (χ4n) is 1.66. The summed E-state index contributed by atoms with van der Waals surface area (Å²) < 4.78 is 5.15. The lowest BCUT2D eigenvalue weighted by Crippen LogP contribution is -1.68. The molecule has 0 saturated carbocycles. The van der Waals surface area contributed by atoms with E-state index in [1.807, 2.05) is 55.5 Å². The van der Waals surface area contributed by atoms with Crippen LogP contribution in [0.5, 0.6) is 0 Å². The Hall–Kier alpha value is -2.49. The molecule has 3 rings (SSSR count). The first-order valence-corrected chi connectivity index (χ1v) is 5.66. The summed E-state index contributed by atoms with van der Waals surface area (Å²) in [5.74, 6) is 0.436. The van der Waals surface area contributed by atoms with Gasteiger partial charge in [0.05, 0.1) is 11.1 Å². The van der Waals surface area contributed by atoms with Crippen LogP contribution in [0.25, 0.3) is 10.9 Å². The lowest BCUT2D eigenvalue weighted by atomic mass is 10.2. The smallest absolute Gasteiger partial charge is 0.277 e. The third-order valence-electron chi connectivity index (χ3n) is 2.66. The highest BCUT2D eigenvalue weighted by atomic mass is 16.5. The van der Waals surface area contributed by atoms with Crippen molar-refractivity contribution in [2.75, 3.05) is 0 Å². The lowest BCUT2D eigenvalue weighted by molar-refractivity contribution is 0.436. The summed E-state index contributed by atoms with van der Waals surface area (Å²) in [5, 5.41) is 13.0. The Morgan fingerprint density at radius 2 is 1.72 bits per heavy atom. The van der Waals surface area contributed by atoms with Crippen molar-refractivity contribution in [1.82, 2.24) is 5.16 Å². The normalized spacial score (nSPS) is 11.4. The standard InChI is InChI=1S/C14H11N3O/c1-10-6-8-11(9-7-10)15-16-14-12-4-2-3-5-13(12)17-18-14/h2-9H,1H3. The van der Waals surface area contributed by atoms with Gasteiger partial charge < -0.3 is 4.52 Å². The maximum Gasteiger partial charge on any atom is 0.277 e. The number of aromatic nitrogens is 1. The molecule has 0 aliphatic rings. The van der Waals surface area contributed by atoms with Crippen LogP contribution in [0.4, 0.5) is 11.6 Å². The van der Waals surface area contributed by atoms with Crippen molar-refractivity contribution in [2.24, 2.45) is 10.2 Å². The quantitative estimate of drug-likeness (QED) is 0.614. The third kappa shape index (κ3) is 2.00. The van der Waals surface area contributed by atoms with Gasteiger partial charge in [-0.1, -0.05) is 35.0 Å². The molecular weight excluding hydrogens is 226 g/mol. The highest BCUT2D eigenvalue weighted by Crippen LogP contribution is 2.27. The van der Waals surface area contributed by atoms with Crippen LogP contribution in [0.1, 0.15) is 5.56 Å². The molecule has 0 fully saturated rings. The van der Waals surface area contributed by atoms with E-state index in [-0.39, 0.29) is 0 Å². The van der Waals surface area contributed by atoms with Crippen molar-refractivity contribution in [3.63, 3.8) is 0 Å². The van der Waals surface area contributed by atoms with E-state index < -0.39 is 0 Å². The van der Waals surface area contributed by atoms with E-state index in [9.17, 15) is 0 Å². The van der Waals surface area contributed by atoms with Gasteiger partial charge in [0.2, 0.25) is 0 Å². The van der Waals surface area contributed by atoms with Crippen LogP contribution in [0.2, 0.25) is 0 Å². The summed E-state index contributed by atoms with van der Waals surface area (Å²) in [6.45, 7) is 2.03. The molecule has 1 aromatic heterocycles. The molecule has 18 heavy (non-hydrogen) atoms. The Kier molecular flexibility index (Phi) is 2.61. The first kappa shape index (κ1) is 10.7. The first-order chi connectivity index (χ1) is 8.83. The molecule has 0 amide bonds. The number of rotatable bonds is 2. The number of fused-ring (bicyclic) bond motifs is 1. The van der Waals surface area contributed by atoms with Gasteiger partial charge in [0.15, 0.2) is 0 Å². The first-order valence-electron chi connectivity index (χ1n) is 5.66. The largest absolute Gasteiger partial charge is 0.334 e. The highest BCUT2D eigenvalue weighted by molar-refractivity contribution is 5.86. The summed E-state index contributed by atoms with van der Waals surface area (Å²) in [6, 6.07) is 15.4. The fraction of sp³-hybridized carbons (Fsp3) is 0.0714. The van der Waals surface area contributed by atoms with E-state index in [2.05, 4.69) is 15.4 Å². The highest BCUT2D eigenvalue weighted by Gasteiger charge is 2.05. The fourth-order valence-corrected chi connectivity index (χ4v) is 1.66. The van der Waals surface area contributed by atoms with Gasteiger partial charge in [0.25, 0.3) is 5.88 Å². The Balaban J connectivity index is 1.94. The number of azo groups is 1. The molecule has 0 bridgehead atoms. The van der Waals surface area contributed by atoms with Crippen LogP contribution < -0.4 is 0 Å². The lowest BCUT2D eigenvalue weighted by Gasteiger charge is -1.92. The van der Waals surface area contributed by atoms with Gasteiger partial charge >= 0.3 is 0 Å². The molecule has 0 spiro atoms. The van der Waals surface area contributed by atoms with Gasteiger partial charge in [-0.15, -0.1) is 10.2 Å². The van der Waals surface area contributed by atoms with Crippen molar-refractivity contribution in [3.8, 4) is 0 Å². The van der Waals surface area contributed by atoms with E-state index >= 15 is 0 Å². The summed E-state index contributed by atoms with van der Waals surface area (Å²) in [6.07, 6.45) is 0. The van der Waals surface area contributed by atoms with E-state index in [0.29, 0.717) is 5.88 Å². The predicted octanol–water partition coefficient (Wildman–Crippen LogP) is 4.55. The molecule has 0 aliphatic carbocycles. The van der Waals surface area contributed by atoms with Gasteiger partial charge in [-0.2, -0.15) is 0 Å². The molecule has 2 aromatic carbocycles. The predicted molar refractivity (Wildman–Crippen MR) is 69.4 cm³/mol. The van der Waals surface area contributed by atoms with E-state index in [1.165, 1.54) is 5.56 Å². The zero-order chi connectivity index (χ0) is 12.4. The zero-order valence-electron chi connectivity index (χ0n) is 9.87. The summed E-state index contributed by atoms with van der Waals surface area (Å²) in [5.41, 5.74) is 2.77. The van der Waals surface area contributed by atoms with E-state index in [1.54, 1.807) is 0 Å². The van der Waals surface area contributed by atoms with Crippen molar-refractivity contribution < 1.29 is 4.52 Å². The molecule has 0 N–H and O–H groups in total. The number of benzene rings is 2. The molecule has 0 saturated heterocycles. The maximum atomic E-state index is 5.15. The van der Waals surface area contributed by atoms with Crippen LogP contribution in [0.15, 0.2) is 63.3 Å². The monoisotopic (exact) mass is 237 g/mol. The van der Waals surface area contributed by atoms with Gasteiger partial charge in [-0.05, 0) is 31.2 Å².